The van der Waals surface area contributed by atoms with Gasteiger partial charge in [0.25, 0.3) is 0 Å². The molecule has 4 nitrogen and oxygen atoms in total. The second kappa shape index (κ2) is 4.13. The van der Waals surface area contributed by atoms with Gasteiger partial charge in [0.1, 0.15) is 0 Å². The number of carboxylic acid groups (broad SMARTS) is 1. The van der Waals surface area contributed by atoms with E-state index >= 15 is 0 Å². The summed E-state index contributed by atoms with van der Waals surface area (Å²) in [4.78, 5) is 21.5. The van der Waals surface area contributed by atoms with Crippen molar-refractivity contribution in [1.29, 1.82) is 0 Å². The van der Waals surface area contributed by atoms with E-state index in [-0.39, 0.29) is 12.3 Å². The van der Waals surface area contributed by atoms with Crippen LogP contribution in [0.25, 0.3) is 0 Å². The number of amides is 1. The van der Waals surface area contributed by atoms with E-state index in [1.54, 1.807) is 0 Å². The Morgan fingerprint density at radius 1 is 1.33 bits per heavy atom. The molecule has 0 heterocycles. The zero-order valence-electron chi connectivity index (χ0n) is 9.59. The number of halogens is 3. The maximum atomic E-state index is 12.1. The van der Waals surface area contributed by atoms with E-state index in [1.165, 1.54) is 0 Å². The molecule has 102 valence electrons. The minimum absolute atomic E-state index is 0.0294. The number of carboxylic acids is 1. The summed E-state index contributed by atoms with van der Waals surface area (Å²) < 4.78 is 36.4. The third-order valence-corrected chi connectivity index (χ3v) is 4.30. The number of aliphatic carboxylic acids is 1. The lowest BCUT2D eigenvalue weighted by atomic mass is 9.46. The maximum absolute atomic E-state index is 12.1. The minimum Gasteiger partial charge on any atom is -0.481 e. The van der Waals surface area contributed by atoms with Gasteiger partial charge in [0.2, 0.25) is 0 Å². The van der Waals surface area contributed by atoms with E-state index in [1.807, 2.05) is 5.32 Å². The van der Waals surface area contributed by atoms with Crippen LogP contribution in [0, 0.1) is 11.3 Å². The minimum atomic E-state index is -4.87. The normalized spacial score (nSPS) is 29.3. The fourth-order valence-corrected chi connectivity index (χ4v) is 3.16. The summed E-state index contributed by atoms with van der Waals surface area (Å²) in [5.74, 6) is -2.97. The van der Waals surface area contributed by atoms with Crippen LogP contribution in [0.5, 0.6) is 0 Å². The number of hydrogen-bond donors (Lipinski definition) is 2. The van der Waals surface area contributed by atoms with Crippen LogP contribution < -0.4 is 5.32 Å². The first-order chi connectivity index (χ1) is 8.25. The van der Waals surface area contributed by atoms with Crippen LogP contribution in [-0.2, 0) is 9.59 Å². The molecule has 0 saturated heterocycles. The van der Waals surface area contributed by atoms with Crippen molar-refractivity contribution in [2.45, 2.75) is 44.3 Å². The highest BCUT2D eigenvalue weighted by molar-refractivity contribution is 5.82. The predicted molar refractivity (Wildman–Crippen MR) is 54.6 cm³/mol. The Labute approximate surface area is 102 Å². The standard InChI is InChI=1S/C11H14F3NO3/c12-11(13,14)9(18)15-7-4-6(5-8(16)17)10(7)2-1-3-10/h6-7H,1-5H2,(H,15,18)(H,16,17). The average molecular weight is 265 g/mol. The third-order valence-electron chi connectivity index (χ3n) is 4.30. The van der Waals surface area contributed by atoms with Gasteiger partial charge in [0, 0.05) is 12.5 Å². The quantitative estimate of drug-likeness (QED) is 0.816. The summed E-state index contributed by atoms with van der Waals surface area (Å²) in [6, 6.07) is -0.523. The molecule has 2 rings (SSSR count). The van der Waals surface area contributed by atoms with Crippen molar-refractivity contribution in [2.24, 2.45) is 11.3 Å². The zero-order chi connectivity index (χ0) is 13.6. The van der Waals surface area contributed by atoms with Crippen molar-refractivity contribution < 1.29 is 27.9 Å². The molecule has 0 aromatic heterocycles. The topological polar surface area (TPSA) is 66.4 Å². The van der Waals surface area contributed by atoms with Gasteiger partial charge < -0.3 is 10.4 Å². The van der Waals surface area contributed by atoms with Gasteiger partial charge in [-0.15, -0.1) is 0 Å². The lowest BCUT2D eigenvalue weighted by Gasteiger charge is -2.61. The SMILES string of the molecule is O=C(O)CC1CC(NC(=O)C(F)(F)F)C12CCC2. The van der Waals surface area contributed by atoms with Crippen LogP contribution in [0.1, 0.15) is 32.1 Å². The number of carbonyl (C=O) groups excluding carboxylic acids is 1. The number of nitrogens with one attached hydrogen (secondary N) is 1. The first-order valence-corrected chi connectivity index (χ1v) is 5.85. The number of alkyl halides is 3. The van der Waals surface area contributed by atoms with Gasteiger partial charge in [-0.1, -0.05) is 6.42 Å². The second-order valence-electron chi connectivity index (χ2n) is 5.14. The Kier molecular flexibility index (Phi) is 3.03. The zero-order valence-corrected chi connectivity index (χ0v) is 9.59. The predicted octanol–water partition coefficient (Wildman–Crippen LogP) is 1.70. The third kappa shape index (κ3) is 2.06. The van der Waals surface area contributed by atoms with Crippen LogP contribution in [-0.4, -0.2) is 29.2 Å². The van der Waals surface area contributed by atoms with E-state index < -0.39 is 29.5 Å². The van der Waals surface area contributed by atoms with Crippen molar-refractivity contribution >= 4 is 11.9 Å². The van der Waals surface area contributed by atoms with Crippen LogP contribution >= 0.6 is 0 Å². The second-order valence-corrected chi connectivity index (χ2v) is 5.14. The molecule has 1 amide bonds. The van der Waals surface area contributed by atoms with Crippen molar-refractivity contribution in [3.63, 3.8) is 0 Å². The molecule has 2 fully saturated rings. The first-order valence-electron chi connectivity index (χ1n) is 5.85. The molecule has 2 saturated carbocycles. The first kappa shape index (κ1) is 13.2. The Bertz CT molecular complexity index is 376. The van der Waals surface area contributed by atoms with E-state index in [4.69, 9.17) is 5.11 Å². The molecule has 0 bridgehead atoms. The van der Waals surface area contributed by atoms with E-state index in [2.05, 4.69) is 0 Å². The fourth-order valence-electron chi connectivity index (χ4n) is 3.16. The largest absolute Gasteiger partial charge is 0.481 e. The van der Waals surface area contributed by atoms with Crippen LogP contribution in [0.15, 0.2) is 0 Å². The lowest BCUT2D eigenvalue weighted by Crippen LogP contribution is -2.65. The van der Waals surface area contributed by atoms with Crippen LogP contribution in [0.3, 0.4) is 0 Å². The molecule has 2 atom stereocenters. The molecule has 1 spiro atoms. The van der Waals surface area contributed by atoms with Gasteiger partial charge in [-0.3, -0.25) is 9.59 Å². The van der Waals surface area contributed by atoms with Gasteiger partial charge in [-0.05, 0) is 30.6 Å². The molecule has 2 N–H and O–H groups in total. The molecule has 0 radical (unpaired) electrons. The number of carbonyl (C=O) groups is 2. The molecule has 7 heteroatoms. The Morgan fingerprint density at radius 3 is 2.33 bits per heavy atom. The summed E-state index contributed by atoms with van der Waals surface area (Å²) in [5, 5.41) is 10.7. The molecule has 2 aliphatic rings. The number of hydrogen-bond acceptors (Lipinski definition) is 2. The molecule has 0 aromatic carbocycles. The molecule has 0 aliphatic heterocycles. The van der Waals surface area contributed by atoms with Gasteiger partial charge in [-0.2, -0.15) is 13.2 Å². The van der Waals surface area contributed by atoms with Crippen molar-refractivity contribution in [2.75, 3.05) is 0 Å². The molecular formula is C11H14F3NO3. The highest BCUT2D eigenvalue weighted by Crippen LogP contribution is 2.61. The van der Waals surface area contributed by atoms with Crippen LogP contribution in [0.2, 0.25) is 0 Å². The Morgan fingerprint density at radius 2 is 1.94 bits per heavy atom. The summed E-state index contributed by atoms with van der Waals surface area (Å²) in [6.07, 6.45) is -2.29. The summed E-state index contributed by atoms with van der Waals surface area (Å²) in [6.45, 7) is 0. The van der Waals surface area contributed by atoms with Crippen molar-refractivity contribution in [1.82, 2.24) is 5.32 Å². The molecule has 0 aromatic rings. The van der Waals surface area contributed by atoms with E-state index in [9.17, 15) is 22.8 Å². The molecule has 2 unspecified atom stereocenters. The Hall–Kier alpha value is -1.27. The van der Waals surface area contributed by atoms with Gasteiger partial charge >= 0.3 is 18.1 Å². The summed E-state index contributed by atoms with van der Waals surface area (Å²) in [7, 11) is 0. The maximum Gasteiger partial charge on any atom is 0.471 e. The Balaban J connectivity index is 1.96. The fraction of sp³-hybridized carbons (Fsp3) is 0.818. The summed E-state index contributed by atoms with van der Waals surface area (Å²) in [5.41, 5.74) is -0.403. The van der Waals surface area contributed by atoms with E-state index in [0.29, 0.717) is 19.3 Å². The molecule has 18 heavy (non-hydrogen) atoms. The summed E-state index contributed by atoms with van der Waals surface area (Å²) >= 11 is 0. The smallest absolute Gasteiger partial charge is 0.471 e. The highest BCUT2D eigenvalue weighted by Gasteiger charge is 2.59. The monoisotopic (exact) mass is 265 g/mol. The highest BCUT2D eigenvalue weighted by atomic mass is 19.4. The van der Waals surface area contributed by atoms with Gasteiger partial charge in [0.05, 0.1) is 0 Å². The van der Waals surface area contributed by atoms with E-state index in [0.717, 1.165) is 6.42 Å². The lowest BCUT2D eigenvalue weighted by molar-refractivity contribution is -0.182. The van der Waals surface area contributed by atoms with Crippen molar-refractivity contribution in [3.8, 4) is 0 Å². The molecular weight excluding hydrogens is 251 g/mol. The molecule has 2 aliphatic carbocycles. The van der Waals surface area contributed by atoms with Crippen molar-refractivity contribution in [3.05, 3.63) is 0 Å². The van der Waals surface area contributed by atoms with Crippen LogP contribution in [0.4, 0.5) is 13.2 Å². The van der Waals surface area contributed by atoms with Gasteiger partial charge in [0.15, 0.2) is 0 Å². The average Bonchev–Trinajstić information content (AvgIpc) is 2.10. The number of rotatable bonds is 3. The van der Waals surface area contributed by atoms with Gasteiger partial charge in [-0.25, -0.2) is 0 Å².